The van der Waals surface area contributed by atoms with E-state index in [1.54, 1.807) is 12.0 Å². The van der Waals surface area contributed by atoms with Crippen LogP contribution in [0.2, 0.25) is 0 Å². The van der Waals surface area contributed by atoms with E-state index in [0.717, 1.165) is 17.7 Å². The summed E-state index contributed by atoms with van der Waals surface area (Å²) in [4.78, 5) is 29.2. The number of amides is 2. The number of methoxy groups -OCH3 is 1. The van der Waals surface area contributed by atoms with Crippen LogP contribution in [0.3, 0.4) is 0 Å². The van der Waals surface area contributed by atoms with Crippen molar-refractivity contribution in [1.82, 2.24) is 4.90 Å². The van der Waals surface area contributed by atoms with Crippen molar-refractivity contribution in [2.24, 2.45) is 5.92 Å². The van der Waals surface area contributed by atoms with Gasteiger partial charge in [0.15, 0.2) is 0 Å². The van der Waals surface area contributed by atoms with E-state index >= 15 is 0 Å². The minimum absolute atomic E-state index is 0.0160. The van der Waals surface area contributed by atoms with Crippen LogP contribution in [-0.4, -0.2) is 36.9 Å². The summed E-state index contributed by atoms with van der Waals surface area (Å²) < 4.78 is 5.25. The molecule has 0 N–H and O–H groups in total. The number of benzene rings is 2. The van der Waals surface area contributed by atoms with Crippen molar-refractivity contribution >= 4 is 17.5 Å². The lowest BCUT2D eigenvalue weighted by molar-refractivity contribution is -0.136. The lowest BCUT2D eigenvalue weighted by Crippen LogP contribution is -2.37. The molecule has 1 atom stereocenters. The van der Waals surface area contributed by atoms with Gasteiger partial charge in [-0.15, -0.1) is 0 Å². The second-order valence-electron chi connectivity index (χ2n) is 6.85. The highest BCUT2D eigenvalue weighted by atomic mass is 16.5. The number of hydrogen-bond acceptors (Lipinski definition) is 3. The van der Waals surface area contributed by atoms with E-state index in [1.165, 1.54) is 0 Å². The Hall–Kier alpha value is -2.82. The lowest BCUT2D eigenvalue weighted by atomic mass is 10.1. The summed E-state index contributed by atoms with van der Waals surface area (Å²) in [7, 11) is 1.60. The Morgan fingerprint density at radius 2 is 1.96 bits per heavy atom. The fraction of sp³-hybridized carbons (Fsp3) is 0.364. The average molecular weight is 366 g/mol. The van der Waals surface area contributed by atoms with Crippen LogP contribution >= 0.6 is 0 Å². The molecule has 1 unspecified atom stereocenters. The van der Waals surface area contributed by atoms with Crippen molar-refractivity contribution in [2.75, 3.05) is 25.1 Å². The summed E-state index contributed by atoms with van der Waals surface area (Å²) in [6.45, 7) is 3.75. The molecule has 1 heterocycles. The fourth-order valence-electron chi connectivity index (χ4n) is 3.50. The maximum atomic E-state index is 13.1. The predicted octanol–water partition coefficient (Wildman–Crippen LogP) is 3.49. The van der Waals surface area contributed by atoms with E-state index < -0.39 is 0 Å². The fourth-order valence-corrected chi connectivity index (χ4v) is 3.50. The maximum absolute atomic E-state index is 13.1. The molecule has 5 nitrogen and oxygen atoms in total. The Morgan fingerprint density at radius 1 is 1.19 bits per heavy atom. The van der Waals surface area contributed by atoms with Crippen LogP contribution in [0.1, 0.15) is 25.3 Å². The molecule has 0 spiro atoms. The Morgan fingerprint density at radius 3 is 2.67 bits per heavy atom. The van der Waals surface area contributed by atoms with Gasteiger partial charge in [0.2, 0.25) is 11.8 Å². The number of ether oxygens (including phenoxy) is 1. The first-order chi connectivity index (χ1) is 13.1. The Labute approximate surface area is 160 Å². The molecule has 1 fully saturated rings. The minimum Gasteiger partial charge on any atom is -0.497 e. The summed E-state index contributed by atoms with van der Waals surface area (Å²) in [5.74, 6) is 0.433. The van der Waals surface area contributed by atoms with Crippen LogP contribution in [0.25, 0.3) is 0 Å². The Kier molecular flexibility index (Phi) is 6.12. The van der Waals surface area contributed by atoms with E-state index in [4.69, 9.17) is 4.74 Å². The molecule has 1 saturated heterocycles. The van der Waals surface area contributed by atoms with Gasteiger partial charge in [0.1, 0.15) is 5.75 Å². The molecule has 0 aromatic heterocycles. The molecule has 1 aliphatic heterocycles. The summed E-state index contributed by atoms with van der Waals surface area (Å²) >= 11 is 0. The van der Waals surface area contributed by atoms with Crippen molar-refractivity contribution in [1.29, 1.82) is 0 Å². The highest BCUT2D eigenvalue weighted by molar-refractivity contribution is 6.00. The summed E-state index contributed by atoms with van der Waals surface area (Å²) in [5.41, 5.74) is 1.88. The van der Waals surface area contributed by atoms with E-state index in [1.807, 2.05) is 59.5 Å². The number of rotatable bonds is 7. The van der Waals surface area contributed by atoms with Gasteiger partial charge in [-0.25, -0.2) is 0 Å². The molecule has 2 amide bonds. The van der Waals surface area contributed by atoms with Crippen LogP contribution < -0.4 is 9.64 Å². The Balaban J connectivity index is 1.72. The molecule has 2 aromatic carbocycles. The van der Waals surface area contributed by atoms with Crippen molar-refractivity contribution < 1.29 is 14.3 Å². The van der Waals surface area contributed by atoms with Crippen molar-refractivity contribution in [3.8, 4) is 5.75 Å². The molecule has 0 saturated carbocycles. The number of nitrogens with zero attached hydrogens (tertiary/aromatic N) is 2. The zero-order chi connectivity index (χ0) is 19.2. The van der Waals surface area contributed by atoms with Gasteiger partial charge >= 0.3 is 0 Å². The molecule has 0 radical (unpaired) electrons. The summed E-state index contributed by atoms with van der Waals surface area (Å²) in [6, 6.07) is 17.4. The molecular formula is C22H26N2O3. The van der Waals surface area contributed by atoms with Gasteiger partial charge in [0.05, 0.1) is 13.0 Å². The minimum atomic E-state index is -0.307. The highest BCUT2D eigenvalue weighted by Gasteiger charge is 2.37. The molecule has 1 aliphatic rings. The van der Waals surface area contributed by atoms with Gasteiger partial charge in [-0.3, -0.25) is 9.59 Å². The number of carbonyl (C=O) groups excluding carboxylic acids is 2. The smallest absolute Gasteiger partial charge is 0.228 e. The molecule has 27 heavy (non-hydrogen) atoms. The first-order valence-electron chi connectivity index (χ1n) is 9.39. The first-order valence-corrected chi connectivity index (χ1v) is 9.39. The predicted molar refractivity (Wildman–Crippen MR) is 106 cm³/mol. The second kappa shape index (κ2) is 8.71. The lowest BCUT2D eigenvalue weighted by Gasteiger charge is -2.25. The van der Waals surface area contributed by atoms with Gasteiger partial charge in [-0.05, 0) is 24.1 Å². The number of carbonyl (C=O) groups is 2. The first kappa shape index (κ1) is 19.0. The molecule has 142 valence electrons. The zero-order valence-corrected chi connectivity index (χ0v) is 15.9. The van der Waals surface area contributed by atoms with Gasteiger partial charge in [-0.1, -0.05) is 43.3 Å². The van der Waals surface area contributed by atoms with Gasteiger partial charge < -0.3 is 14.5 Å². The molecule has 5 heteroatoms. The standard InChI is InChI=1S/C22H26N2O3/c1-3-12-23(15-17-8-5-4-6-9-17)22(26)18-13-21(25)24(16-18)19-10-7-11-20(14-19)27-2/h4-11,14,18H,3,12-13,15-16H2,1-2H3. The van der Waals surface area contributed by atoms with Crippen molar-refractivity contribution in [3.05, 3.63) is 60.2 Å². The van der Waals surface area contributed by atoms with Crippen LogP contribution in [0.5, 0.6) is 5.75 Å². The third-order valence-electron chi connectivity index (χ3n) is 4.86. The van der Waals surface area contributed by atoms with Crippen molar-refractivity contribution in [3.63, 3.8) is 0 Å². The molecule has 0 aliphatic carbocycles. The molecule has 0 bridgehead atoms. The van der Waals surface area contributed by atoms with E-state index in [2.05, 4.69) is 6.92 Å². The highest BCUT2D eigenvalue weighted by Crippen LogP contribution is 2.29. The third-order valence-corrected chi connectivity index (χ3v) is 4.86. The van der Waals surface area contributed by atoms with Crippen LogP contribution in [0.4, 0.5) is 5.69 Å². The normalized spacial score (nSPS) is 16.4. The maximum Gasteiger partial charge on any atom is 0.228 e. The van der Waals surface area contributed by atoms with Gasteiger partial charge in [-0.2, -0.15) is 0 Å². The molecule has 3 rings (SSSR count). The second-order valence-corrected chi connectivity index (χ2v) is 6.85. The molecule has 2 aromatic rings. The Bertz CT molecular complexity index is 791. The van der Waals surface area contributed by atoms with E-state index in [9.17, 15) is 9.59 Å². The quantitative estimate of drug-likeness (QED) is 0.754. The summed E-state index contributed by atoms with van der Waals surface area (Å²) in [6.07, 6.45) is 1.14. The van der Waals surface area contributed by atoms with Crippen LogP contribution in [0, 0.1) is 5.92 Å². The van der Waals surface area contributed by atoms with E-state index in [0.29, 0.717) is 25.4 Å². The van der Waals surface area contributed by atoms with Crippen LogP contribution in [0.15, 0.2) is 54.6 Å². The SMILES string of the molecule is CCCN(Cc1ccccc1)C(=O)C1CC(=O)N(c2cccc(OC)c2)C1. The topological polar surface area (TPSA) is 49.9 Å². The largest absolute Gasteiger partial charge is 0.497 e. The van der Waals surface area contributed by atoms with Gasteiger partial charge in [0, 0.05) is 37.8 Å². The zero-order valence-electron chi connectivity index (χ0n) is 15.9. The van der Waals surface area contributed by atoms with E-state index in [-0.39, 0.29) is 24.2 Å². The monoisotopic (exact) mass is 366 g/mol. The van der Waals surface area contributed by atoms with Crippen molar-refractivity contribution in [2.45, 2.75) is 26.3 Å². The summed E-state index contributed by atoms with van der Waals surface area (Å²) in [5, 5.41) is 0. The number of anilines is 1. The van der Waals surface area contributed by atoms with Gasteiger partial charge in [0.25, 0.3) is 0 Å². The average Bonchev–Trinajstić information content (AvgIpc) is 3.09. The number of hydrogen-bond donors (Lipinski definition) is 0. The molecular weight excluding hydrogens is 340 g/mol. The third kappa shape index (κ3) is 4.48. The van der Waals surface area contributed by atoms with Crippen LogP contribution in [-0.2, 0) is 16.1 Å².